The second kappa shape index (κ2) is 16.1. The van der Waals surface area contributed by atoms with Gasteiger partial charge in [0, 0.05) is 51.5 Å². The number of hydrogen-bond acceptors (Lipinski definition) is 10. The van der Waals surface area contributed by atoms with Gasteiger partial charge in [-0.25, -0.2) is 23.2 Å². The van der Waals surface area contributed by atoms with E-state index in [9.17, 15) is 27.6 Å². The minimum absolute atomic E-state index is 0.0121. The van der Waals surface area contributed by atoms with E-state index in [4.69, 9.17) is 14.5 Å². The maximum Gasteiger partial charge on any atom is 0.416 e. The number of rotatable bonds is 14. The first-order valence-electron chi connectivity index (χ1n) is 16.8. The first-order valence-corrected chi connectivity index (χ1v) is 18.2. The van der Waals surface area contributed by atoms with Crippen molar-refractivity contribution >= 4 is 39.7 Å². The number of aryl methyl sites for hydroxylation is 4. The summed E-state index contributed by atoms with van der Waals surface area (Å²) in [4.78, 5) is 61.2. The lowest BCUT2D eigenvalue weighted by atomic mass is 10.0. The second-order valence-electron chi connectivity index (χ2n) is 13.5. The predicted octanol–water partition coefficient (Wildman–Crippen LogP) is 2.40. The van der Waals surface area contributed by atoms with Gasteiger partial charge in [0.1, 0.15) is 17.2 Å². The molecule has 1 unspecified atom stereocenters. The van der Waals surface area contributed by atoms with Crippen molar-refractivity contribution in [3.63, 3.8) is 0 Å². The first kappa shape index (κ1) is 37.8. The molecule has 16 heteroatoms. The van der Waals surface area contributed by atoms with Crippen molar-refractivity contribution in [1.29, 1.82) is 0 Å². The summed E-state index contributed by atoms with van der Waals surface area (Å²) >= 11 is 0. The zero-order chi connectivity index (χ0) is 35.9. The normalized spacial score (nSPS) is 15.9. The second-order valence-corrected chi connectivity index (χ2v) is 15.4. The Morgan fingerprint density at radius 1 is 1.10 bits per heavy atom. The average molecular weight is 704 g/mol. The highest BCUT2D eigenvalue weighted by atomic mass is 32.2. The molecule has 2 aliphatic rings. The van der Waals surface area contributed by atoms with Gasteiger partial charge in [-0.1, -0.05) is 6.07 Å². The van der Waals surface area contributed by atoms with Crippen LogP contribution in [0.3, 0.4) is 0 Å². The molecule has 0 aromatic carbocycles. The lowest BCUT2D eigenvalue weighted by Crippen LogP contribution is -2.57. The molecule has 0 spiro atoms. The number of pyridine rings is 1. The van der Waals surface area contributed by atoms with Crippen molar-refractivity contribution in [3.05, 3.63) is 35.4 Å². The molecule has 270 valence electrons. The van der Waals surface area contributed by atoms with Gasteiger partial charge in [0.15, 0.2) is 5.03 Å². The zero-order valence-corrected chi connectivity index (χ0v) is 30.1. The third kappa shape index (κ3) is 10.2. The maximum atomic E-state index is 13.0. The van der Waals surface area contributed by atoms with Crippen LogP contribution in [0, 0.1) is 12.8 Å². The fourth-order valence-corrected chi connectivity index (χ4v) is 7.08. The summed E-state index contributed by atoms with van der Waals surface area (Å²) in [6, 6.07) is 3.23. The topological polar surface area (TPSA) is 182 Å². The highest BCUT2D eigenvalue weighted by molar-refractivity contribution is 7.89. The molecular weight excluding hydrogens is 654 g/mol. The van der Waals surface area contributed by atoms with E-state index in [1.165, 1.54) is 10.5 Å². The monoisotopic (exact) mass is 703 g/mol. The Morgan fingerprint density at radius 2 is 1.84 bits per heavy atom. The van der Waals surface area contributed by atoms with Crippen molar-refractivity contribution in [2.75, 3.05) is 37.7 Å². The Hall–Kier alpha value is -4.05. The number of fused-ring (bicyclic) bond motifs is 1. The number of aromatic nitrogens is 3. The molecule has 2 aromatic rings. The van der Waals surface area contributed by atoms with Crippen LogP contribution in [0.25, 0.3) is 0 Å². The van der Waals surface area contributed by atoms with E-state index in [0.29, 0.717) is 37.4 Å². The molecule has 4 heterocycles. The number of unbranched alkanes of at least 4 members (excludes halogenated alkanes) is 1. The average Bonchev–Trinajstić information content (AvgIpc) is 3.34. The molecule has 1 fully saturated rings. The largest absolute Gasteiger partial charge is 0.466 e. The van der Waals surface area contributed by atoms with Gasteiger partial charge in [-0.05, 0) is 78.4 Å². The SMILES string of the molecule is CCOC(=O)CC(CNC(=O)CCCCc1ccc2c(n1)N(C(=O)OC(C)(C)C)CCC2)NC(=O)C1CN(S(=O)(=O)c2cn(C)c(C)n2)C1. The van der Waals surface area contributed by atoms with E-state index in [0.717, 1.165) is 24.1 Å². The fourth-order valence-electron chi connectivity index (χ4n) is 5.53. The van der Waals surface area contributed by atoms with Crippen molar-refractivity contribution in [2.24, 2.45) is 13.0 Å². The quantitative estimate of drug-likeness (QED) is 0.219. The number of ether oxygens (including phenoxy) is 2. The van der Waals surface area contributed by atoms with E-state index >= 15 is 0 Å². The maximum absolute atomic E-state index is 13.0. The van der Waals surface area contributed by atoms with Gasteiger partial charge in [0.25, 0.3) is 10.0 Å². The Morgan fingerprint density at radius 3 is 2.49 bits per heavy atom. The standard InChI is InChI=1S/C33H49N7O8S/c1-7-47-29(42)17-26(37-31(43)24-19-39(20-24)49(45,46)28-21-38(6)22(2)35-28)18-34-27(41)13-9-8-12-25-15-14-23-11-10-16-40(30(23)36-25)32(44)48-33(3,4)5/h14-15,21,24,26H,7-13,16-20H2,1-6H3,(H,34,41)(H,37,43). The number of hydrogen-bond donors (Lipinski definition) is 2. The molecule has 3 amide bonds. The van der Waals surface area contributed by atoms with Gasteiger partial charge in [-0.3, -0.25) is 19.3 Å². The Kier molecular flexibility index (Phi) is 12.4. The fraction of sp³-hybridized carbons (Fsp3) is 0.636. The summed E-state index contributed by atoms with van der Waals surface area (Å²) in [7, 11) is -2.12. The summed E-state index contributed by atoms with van der Waals surface area (Å²) in [6.45, 7) is 9.57. The van der Waals surface area contributed by atoms with Crippen molar-refractivity contribution < 1.29 is 37.1 Å². The summed E-state index contributed by atoms with van der Waals surface area (Å²) < 4.78 is 39.2. The lowest BCUT2D eigenvalue weighted by molar-refractivity contribution is -0.144. The van der Waals surface area contributed by atoms with Crippen LogP contribution in [0.4, 0.5) is 10.6 Å². The van der Waals surface area contributed by atoms with Crippen LogP contribution < -0.4 is 15.5 Å². The number of nitrogens with zero attached hydrogens (tertiary/aromatic N) is 5. The Labute approximate surface area is 288 Å². The van der Waals surface area contributed by atoms with Crippen LogP contribution in [0.15, 0.2) is 23.4 Å². The molecule has 2 N–H and O–H groups in total. The van der Waals surface area contributed by atoms with Gasteiger partial charge < -0.3 is 24.7 Å². The number of carbonyl (C=O) groups excluding carboxylic acids is 4. The zero-order valence-electron chi connectivity index (χ0n) is 29.3. The third-order valence-corrected chi connectivity index (χ3v) is 10.0. The van der Waals surface area contributed by atoms with Crippen LogP contribution in [0.5, 0.6) is 0 Å². The van der Waals surface area contributed by atoms with Crippen molar-refractivity contribution in [1.82, 2.24) is 29.5 Å². The molecule has 1 saturated heterocycles. The molecule has 2 aromatic heterocycles. The van der Waals surface area contributed by atoms with Crippen LogP contribution in [-0.2, 0) is 53.8 Å². The van der Waals surface area contributed by atoms with Gasteiger partial charge >= 0.3 is 12.1 Å². The van der Waals surface area contributed by atoms with Crippen molar-refractivity contribution in [3.8, 4) is 0 Å². The van der Waals surface area contributed by atoms with Gasteiger partial charge in [0.05, 0.1) is 25.0 Å². The molecule has 0 bridgehead atoms. The molecule has 4 rings (SSSR count). The summed E-state index contributed by atoms with van der Waals surface area (Å²) in [5, 5.41) is 5.51. The van der Waals surface area contributed by atoms with Gasteiger partial charge in [-0.15, -0.1) is 0 Å². The minimum Gasteiger partial charge on any atom is -0.466 e. The van der Waals surface area contributed by atoms with Crippen molar-refractivity contribution in [2.45, 2.75) is 96.2 Å². The predicted molar refractivity (Wildman–Crippen MR) is 180 cm³/mol. The van der Waals surface area contributed by atoms with Crippen LogP contribution >= 0.6 is 0 Å². The van der Waals surface area contributed by atoms with Gasteiger partial charge in [-0.2, -0.15) is 4.31 Å². The van der Waals surface area contributed by atoms with Crippen LogP contribution in [0.1, 0.15) is 76.9 Å². The molecule has 0 radical (unpaired) electrons. The van der Waals surface area contributed by atoms with Crippen LogP contribution in [-0.4, -0.2) is 95.6 Å². The van der Waals surface area contributed by atoms with Gasteiger partial charge in [0.2, 0.25) is 11.8 Å². The van der Waals surface area contributed by atoms with E-state index in [1.54, 1.807) is 30.4 Å². The highest BCUT2D eigenvalue weighted by Crippen LogP contribution is 2.28. The Balaban J connectivity index is 1.24. The first-order chi connectivity index (χ1) is 23.1. The number of imidazole rings is 1. The molecule has 15 nitrogen and oxygen atoms in total. The molecular formula is C33H49N7O8S. The number of sulfonamides is 1. The molecule has 2 aliphatic heterocycles. The molecule has 0 saturated carbocycles. The summed E-state index contributed by atoms with van der Waals surface area (Å²) in [5.74, 6) is -0.581. The number of amides is 3. The van der Waals surface area contributed by atoms with E-state index in [-0.39, 0.29) is 50.0 Å². The number of carbonyl (C=O) groups is 4. The molecule has 0 aliphatic carbocycles. The van der Waals surface area contributed by atoms with E-state index in [1.807, 2.05) is 32.9 Å². The number of esters is 1. The number of anilines is 1. The summed E-state index contributed by atoms with van der Waals surface area (Å²) in [6.07, 6.45) is 4.68. The minimum atomic E-state index is -3.83. The highest BCUT2D eigenvalue weighted by Gasteiger charge is 2.42. The third-order valence-electron chi connectivity index (χ3n) is 8.32. The smallest absolute Gasteiger partial charge is 0.416 e. The summed E-state index contributed by atoms with van der Waals surface area (Å²) in [5.41, 5.74) is 1.22. The van der Waals surface area contributed by atoms with E-state index in [2.05, 4.69) is 15.6 Å². The molecule has 49 heavy (non-hydrogen) atoms. The Bertz CT molecular complexity index is 1610. The lowest BCUT2D eigenvalue weighted by Gasteiger charge is -2.37. The van der Waals surface area contributed by atoms with Crippen LogP contribution in [0.2, 0.25) is 0 Å². The van der Waals surface area contributed by atoms with E-state index < -0.39 is 45.6 Å². The molecule has 1 atom stereocenters. The number of nitrogens with one attached hydrogen (secondary N) is 2.